The molecule has 0 fully saturated rings. The number of benzene rings is 2. The third-order valence-corrected chi connectivity index (χ3v) is 5.31. The molecule has 150 valence electrons. The van der Waals surface area contributed by atoms with Gasteiger partial charge in [-0.15, -0.1) is 0 Å². The molecule has 6 nitrogen and oxygen atoms in total. The number of halogens is 1. The highest BCUT2D eigenvalue weighted by atomic mass is 19.1. The van der Waals surface area contributed by atoms with Crippen LogP contribution in [0.1, 0.15) is 45.2 Å². The Morgan fingerprint density at radius 3 is 2.62 bits per heavy atom. The molecule has 0 radical (unpaired) electrons. The van der Waals surface area contributed by atoms with E-state index < -0.39 is 6.04 Å². The van der Waals surface area contributed by atoms with E-state index in [-0.39, 0.29) is 24.1 Å². The fraction of sp³-hybridized carbons (Fsp3) is 0.273. The molecule has 3 N–H and O–H groups in total. The van der Waals surface area contributed by atoms with Gasteiger partial charge in [0.15, 0.2) is 0 Å². The summed E-state index contributed by atoms with van der Waals surface area (Å²) in [4.78, 5) is 14.7. The molecule has 2 aromatic carbocycles. The number of carbonyl (C=O) groups is 1. The Labute approximate surface area is 167 Å². The van der Waals surface area contributed by atoms with Crippen molar-refractivity contribution in [2.75, 3.05) is 13.2 Å². The quantitative estimate of drug-likeness (QED) is 0.617. The topological polar surface area (TPSA) is 89.5 Å². The van der Waals surface area contributed by atoms with Crippen molar-refractivity contribution in [2.24, 2.45) is 0 Å². The molecule has 1 aliphatic heterocycles. The van der Waals surface area contributed by atoms with Gasteiger partial charge in [-0.1, -0.05) is 18.2 Å². The van der Waals surface area contributed by atoms with Gasteiger partial charge in [0.1, 0.15) is 23.0 Å². The van der Waals surface area contributed by atoms with E-state index in [1.165, 1.54) is 12.1 Å². The normalized spacial score (nSPS) is 15.8. The molecule has 7 heteroatoms. The number of phenols is 1. The van der Waals surface area contributed by atoms with Gasteiger partial charge in [-0.05, 0) is 55.2 Å². The third kappa shape index (κ3) is 3.17. The minimum Gasteiger partial charge on any atom is -0.507 e. The molecule has 1 amide bonds. The first-order valence-corrected chi connectivity index (χ1v) is 9.48. The van der Waals surface area contributed by atoms with Crippen molar-refractivity contribution in [3.8, 4) is 17.0 Å². The summed E-state index contributed by atoms with van der Waals surface area (Å²) >= 11 is 0. The highest BCUT2D eigenvalue weighted by Gasteiger charge is 2.42. The summed E-state index contributed by atoms with van der Waals surface area (Å²) in [6, 6.07) is 9.23. The lowest BCUT2D eigenvalue weighted by Gasteiger charge is -2.26. The van der Waals surface area contributed by atoms with Gasteiger partial charge < -0.3 is 15.1 Å². The van der Waals surface area contributed by atoms with E-state index in [0.29, 0.717) is 35.5 Å². The predicted octanol–water partition coefficient (Wildman–Crippen LogP) is 3.47. The number of hydrogen-bond acceptors (Lipinski definition) is 4. The van der Waals surface area contributed by atoms with Crippen LogP contribution in [0.4, 0.5) is 4.39 Å². The second-order valence-electron chi connectivity index (χ2n) is 7.37. The minimum atomic E-state index is -0.487. The number of aromatic amines is 1. The van der Waals surface area contributed by atoms with Crippen molar-refractivity contribution in [1.82, 2.24) is 15.1 Å². The molecule has 1 aliphatic rings. The molecule has 0 aliphatic carbocycles. The average molecular weight is 395 g/mol. The fourth-order valence-corrected chi connectivity index (χ4v) is 4.01. The molecule has 29 heavy (non-hydrogen) atoms. The smallest absolute Gasteiger partial charge is 0.273 e. The van der Waals surface area contributed by atoms with Crippen LogP contribution in [0.3, 0.4) is 0 Å². The van der Waals surface area contributed by atoms with Crippen LogP contribution < -0.4 is 0 Å². The Hall–Kier alpha value is -3.19. The molecule has 0 spiro atoms. The van der Waals surface area contributed by atoms with Crippen LogP contribution >= 0.6 is 0 Å². The SMILES string of the molecule is Cc1cc(C)c(O)c(-c2n[nH]c3c2C(c2ccc(F)cc2)N(CCCO)C3=O)c1. The van der Waals surface area contributed by atoms with Gasteiger partial charge in [0.25, 0.3) is 5.91 Å². The van der Waals surface area contributed by atoms with E-state index in [2.05, 4.69) is 10.2 Å². The Morgan fingerprint density at radius 1 is 1.21 bits per heavy atom. The number of aromatic hydroxyl groups is 1. The molecule has 0 saturated carbocycles. The number of H-pyrrole nitrogens is 1. The van der Waals surface area contributed by atoms with Crippen molar-refractivity contribution < 1.29 is 19.4 Å². The molecular weight excluding hydrogens is 373 g/mol. The summed E-state index contributed by atoms with van der Waals surface area (Å²) in [5.74, 6) is -0.478. The lowest BCUT2D eigenvalue weighted by Crippen LogP contribution is -2.31. The number of aryl methyl sites for hydroxylation is 2. The molecule has 4 rings (SSSR count). The van der Waals surface area contributed by atoms with Crippen molar-refractivity contribution in [3.05, 3.63) is 70.2 Å². The number of aliphatic hydroxyl groups excluding tert-OH is 1. The Balaban J connectivity index is 1.91. The number of nitrogens with one attached hydrogen (secondary N) is 1. The van der Waals surface area contributed by atoms with Crippen LogP contribution in [0.15, 0.2) is 36.4 Å². The van der Waals surface area contributed by atoms with Crippen LogP contribution in [-0.2, 0) is 0 Å². The Morgan fingerprint density at radius 2 is 1.93 bits per heavy atom. The number of hydrogen-bond donors (Lipinski definition) is 3. The molecule has 0 bridgehead atoms. The van der Waals surface area contributed by atoms with E-state index in [4.69, 9.17) is 0 Å². The molecular formula is C22H22FN3O3. The number of fused-ring (bicyclic) bond motifs is 1. The summed E-state index contributed by atoms with van der Waals surface area (Å²) < 4.78 is 13.5. The molecule has 2 heterocycles. The van der Waals surface area contributed by atoms with Gasteiger partial charge in [-0.2, -0.15) is 5.10 Å². The van der Waals surface area contributed by atoms with E-state index in [0.717, 1.165) is 16.7 Å². The largest absolute Gasteiger partial charge is 0.507 e. The standard InChI is InChI=1S/C22H22FN3O3/c1-12-10-13(2)21(28)16(11-12)18-17-19(25-24-18)22(29)26(8-3-9-27)20(17)14-4-6-15(23)7-5-14/h4-7,10-11,20,27-28H,3,8-9H2,1-2H3,(H,24,25). The van der Waals surface area contributed by atoms with Crippen LogP contribution in [0.2, 0.25) is 0 Å². The predicted molar refractivity (Wildman–Crippen MR) is 106 cm³/mol. The maximum absolute atomic E-state index is 13.5. The summed E-state index contributed by atoms with van der Waals surface area (Å²) in [5, 5.41) is 27.1. The zero-order valence-electron chi connectivity index (χ0n) is 16.2. The minimum absolute atomic E-state index is 0.0448. The molecule has 3 aromatic rings. The van der Waals surface area contributed by atoms with Gasteiger partial charge in [-0.25, -0.2) is 4.39 Å². The number of aromatic nitrogens is 2. The first-order chi connectivity index (χ1) is 13.9. The fourth-order valence-electron chi connectivity index (χ4n) is 4.01. The van der Waals surface area contributed by atoms with E-state index in [1.807, 2.05) is 26.0 Å². The second-order valence-corrected chi connectivity index (χ2v) is 7.37. The summed E-state index contributed by atoms with van der Waals surface area (Å²) in [7, 11) is 0. The first-order valence-electron chi connectivity index (χ1n) is 9.48. The Kier molecular flexibility index (Phi) is 4.84. The van der Waals surface area contributed by atoms with Crippen molar-refractivity contribution in [2.45, 2.75) is 26.3 Å². The number of nitrogens with zero attached hydrogens (tertiary/aromatic N) is 2. The van der Waals surface area contributed by atoms with Gasteiger partial charge in [0.2, 0.25) is 0 Å². The van der Waals surface area contributed by atoms with E-state index in [9.17, 15) is 19.4 Å². The highest BCUT2D eigenvalue weighted by molar-refractivity contribution is 6.00. The van der Waals surface area contributed by atoms with Crippen LogP contribution in [0.25, 0.3) is 11.3 Å². The second kappa shape index (κ2) is 7.33. The van der Waals surface area contributed by atoms with E-state index >= 15 is 0 Å². The number of carbonyl (C=O) groups excluding carboxylic acids is 1. The van der Waals surface area contributed by atoms with Gasteiger partial charge in [0, 0.05) is 24.3 Å². The van der Waals surface area contributed by atoms with Crippen LogP contribution in [0, 0.1) is 19.7 Å². The molecule has 1 atom stereocenters. The Bertz CT molecular complexity index is 1080. The van der Waals surface area contributed by atoms with Crippen molar-refractivity contribution in [3.63, 3.8) is 0 Å². The van der Waals surface area contributed by atoms with Gasteiger partial charge in [0.05, 0.1) is 6.04 Å². The highest BCUT2D eigenvalue weighted by Crippen LogP contribution is 2.45. The van der Waals surface area contributed by atoms with E-state index in [1.54, 1.807) is 17.0 Å². The molecule has 1 aromatic heterocycles. The van der Waals surface area contributed by atoms with Gasteiger partial charge >= 0.3 is 0 Å². The van der Waals surface area contributed by atoms with Crippen LogP contribution in [-0.4, -0.2) is 44.4 Å². The lowest BCUT2D eigenvalue weighted by molar-refractivity contribution is 0.0732. The maximum Gasteiger partial charge on any atom is 0.273 e. The monoisotopic (exact) mass is 395 g/mol. The number of phenolic OH excluding ortho intramolecular Hbond substituents is 1. The summed E-state index contributed by atoms with van der Waals surface area (Å²) in [6.45, 7) is 4.04. The number of rotatable bonds is 5. The molecule has 1 unspecified atom stereocenters. The van der Waals surface area contributed by atoms with Gasteiger partial charge in [-0.3, -0.25) is 9.89 Å². The summed E-state index contributed by atoms with van der Waals surface area (Å²) in [6.07, 6.45) is 0.422. The van der Waals surface area contributed by atoms with Crippen molar-refractivity contribution in [1.29, 1.82) is 0 Å². The number of aliphatic hydroxyl groups is 1. The summed E-state index contributed by atoms with van der Waals surface area (Å²) in [5.41, 5.74) is 4.47. The van der Waals surface area contributed by atoms with Crippen LogP contribution in [0.5, 0.6) is 5.75 Å². The number of amides is 1. The third-order valence-electron chi connectivity index (χ3n) is 5.31. The average Bonchev–Trinajstić information content (AvgIpc) is 3.23. The lowest BCUT2D eigenvalue weighted by atomic mass is 9.94. The maximum atomic E-state index is 13.5. The molecule has 0 saturated heterocycles. The first kappa shape index (κ1) is 19.1. The zero-order valence-corrected chi connectivity index (χ0v) is 16.2. The zero-order chi connectivity index (χ0) is 20.7. The van der Waals surface area contributed by atoms with Crippen molar-refractivity contribution >= 4 is 5.91 Å².